The monoisotopic (exact) mass is 1050 g/mol. The first kappa shape index (κ1) is 53.5. The van der Waals surface area contributed by atoms with Gasteiger partial charge in [0, 0.05) is 61.1 Å². The third kappa shape index (κ3) is 12.5. The fourth-order valence-corrected chi connectivity index (χ4v) is 10.5. The second-order valence-corrected chi connectivity index (χ2v) is 21.7. The molecule has 5 amide bonds. The molecule has 3 atom stereocenters. The van der Waals surface area contributed by atoms with Crippen LogP contribution in [0.25, 0.3) is 21.3 Å². The van der Waals surface area contributed by atoms with Crippen LogP contribution in [0.2, 0.25) is 0 Å². The summed E-state index contributed by atoms with van der Waals surface area (Å²) < 4.78 is 31.9. The smallest absolute Gasteiger partial charge is 0.246 e. The molecule has 0 spiro atoms. The number of aliphatic hydroxyl groups excluding tert-OH is 1. The number of nitrogens with zero attached hydrogens (tertiary/aromatic N) is 4. The van der Waals surface area contributed by atoms with E-state index in [0.717, 1.165) is 27.3 Å². The van der Waals surface area contributed by atoms with Crippen LogP contribution in [0.3, 0.4) is 0 Å². The number of benzene rings is 4. The number of likely N-dealkylation sites (tertiary alicyclic amines) is 2. The molecule has 398 valence electrons. The highest BCUT2D eigenvalue weighted by Gasteiger charge is 2.56. The van der Waals surface area contributed by atoms with Gasteiger partial charge in [0.1, 0.15) is 40.6 Å². The van der Waals surface area contributed by atoms with Gasteiger partial charge in [-0.3, -0.25) is 33.9 Å². The highest BCUT2D eigenvalue weighted by atomic mass is 32.1. The minimum absolute atomic E-state index is 0.0112. The van der Waals surface area contributed by atoms with Crippen molar-refractivity contribution in [3.8, 4) is 27.7 Å². The van der Waals surface area contributed by atoms with E-state index in [1.54, 1.807) is 55.0 Å². The topological polar surface area (TPSA) is 214 Å². The Morgan fingerprint density at radius 3 is 2.17 bits per heavy atom. The van der Waals surface area contributed by atoms with Gasteiger partial charge in [0.15, 0.2) is 0 Å². The number of carbonyl (C=O) groups excluding carboxylic acids is 5. The van der Waals surface area contributed by atoms with Crippen LogP contribution in [0.4, 0.5) is 15.8 Å². The standard InChI is InChI=1S/C57H63FN8O9S/c1-34-50(76-33-61-34)36-8-6-35(7-9-36)29-60-52(69)46-27-41(67)30-66(46)53(70)51(56(2,3)4)64-49(68)31-65-24-19-42(20-25-65)74-32-37-26-45-44(28-48(37)73-5)47(18-23-59-45)75-43-16-14-40(15-17-43)63-55(72)57(21-22-57)54(71)62-39-12-10-38(58)11-13-39/h6-18,23,26,28,33,41-42,46,51,67H,19-22,24-25,27,29-32H2,1-5H3,(H,60,69)(H,62,71)(H,63,72)(H,64,68)/t41-,46+,51-/m1/s1. The Bertz CT molecular complexity index is 3080. The summed E-state index contributed by atoms with van der Waals surface area (Å²) in [5, 5.41) is 22.9. The second-order valence-electron chi connectivity index (χ2n) is 20.8. The van der Waals surface area contributed by atoms with E-state index in [4.69, 9.17) is 14.2 Å². The molecule has 3 fully saturated rings. The molecule has 5 N–H and O–H groups in total. The highest BCUT2D eigenvalue weighted by Crippen LogP contribution is 2.48. The van der Waals surface area contributed by atoms with Crippen LogP contribution in [-0.4, -0.2) is 112 Å². The number of hydrogen-bond acceptors (Lipinski definition) is 13. The molecule has 0 unspecified atom stereocenters. The third-order valence-electron chi connectivity index (χ3n) is 14.3. The average Bonchev–Trinajstić information content (AvgIpc) is 3.98. The molecule has 2 aromatic heterocycles. The van der Waals surface area contributed by atoms with Crippen molar-refractivity contribution in [2.24, 2.45) is 10.8 Å². The zero-order chi connectivity index (χ0) is 53.7. The Balaban J connectivity index is 0.740. The number of β-amino-alcohol motifs (C(OH)–C–C–N with tert-alkyl or cyclic N) is 1. The predicted octanol–water partition coefficient (Wildman–Crippen LogP) is 7.75. The number of halogens is 1. The number of amides is 5. The van der Waals surface area contributed by atoms with Crippen molar-refractivity contribution in [1.29, 1.82) is 0 Å². The Morgan fingerprint density at radius 2 is 1.55 bits per heavy atom. The lowest BCUT2D eigenvalue weighted by atomic mass is 9.85. The van der Waals surface area contributed by atoms with E-state index in [9.17, 15) is 33.5 Å². The van der Waals surface area contributed by atoms with Gasteiger partial charge in [0.05, 0.1) is 54.1 Å². The Hall–Kier alpha value is -7.32. The number of pyridine rings is 1. The minimum atomic E-state index is -1.20. The lowest BCUT2D eigenvalue weighted by Gasteiger charge is -2.36. The van der Waals surface area contributed by atoms with Crippen molar-refractivity contribution in [2.45, 2.75) is 97.2 Å². The number of hydrogen-bond donors (Lipinski definition) is 5. The molecule has 9 rings (SSSR count). The predicted molar refractivity (Wildman–Crippen MR) is 286 cm³/mol. The van der Waals surface area contributed by atoms with E-state index < -0.39 is 52.6 Å². The molecule has 17 nitrogen and oxygen atoms in total. The molecular weight excluding hydrogens is 992 g/mol. The number of nitrogens with one attached hydrogen (secondary N) is 4. The quantitative estimate of drug-likeness (QED) is 0.0523. The zero-order valence-corrected chi connectivity index (χ0v) is 44.0. The molecular formula is C57H63FN8O9S. The first-order valence-electron chi connectivity index (χ1n) is 25.5. The summed E-state index contributed by atoms with van der Waals surface area (Å²) in [6.45, 7) is 9.35. The van der Waals surface area contributed by atoms with Crippen LogP contribution in [-0.2, 0) is 41.9 Å². The van der Waals surface area contributed by atoms with Crippen LogP contribution in [0.1, 0.15) is 69.7 Å². The summed E-state index contributed by atoms with van der Waals surface area (Å²) >= 11 is 1.57. The Kier molecular flexibility index (Phi) is 16.1. The van der Waals surface area contributed by atoms with Crippen LogP contribution < -0.4 is 30.7 Å². The largest absolute Gasteiger partial charge is 0.496 e. The number of ether oxygens (including phenoxy) is 3. The lowest BCUT2D eigenvalue weighted by Crippen LogP contribution is -2.59. The van der Waals surface area contributed by atoms with Crippen LogP contribution >= 0.6 is 11.3 Å². The van der Waals surface area contributed by atoms with Crippen LogP contribution in [0, 0.1) is 23.6 Å². The molecule has 0 bridgehead atoms. The fraction of sp³-hybridized carbons (Fsp3) is 0.386. The summed E-state index contributed by atoms with van der Waals surface area (Å²) in [5.41, 5.74) is 5.20. The van der Waals surface area contributed by atoms with E-state index in [0.29, 0.717) is 78.3 Å². The number of aryl methyl sites for hydroxylation is 1. The third-order valence-corrected chi connectivity index (χ3v) is 15.2. The van der Waals surface area contributed by atoms with Gasteiger partial charge in [-0.05, 0) is 116 Å². The summed E-state index contributed by atoms with van der Waals surface area (Å²) in [6, 6.07) is 23.8. The number of aliphatic hydroxyl groups is 1. The maximum absolute atomic E-state index is 14.2. The fourth-order valence-electron chi connectivity index (χ4n) is 9.66. The lowest BCUT2D eigenvalue weighted by molar-refractivity contribution is -0.144. The Morgan fingerprint density at radius 1 is 0.882 bits per heavy atom. The maximum atomic E-state index is 14.2. The van der Waals surface area contributed by atoms with Gasteiger partial charge in [-0.15, -0.1) is 11.3 Å². The highest BCUT2D eigenvalue weighted by molar-refractivity contribution is 7.13. The van der Waals surface area contributed by atoms with Gasteiger partial charge in [0.25, 0.3) is 0 Å². The summed E-state index contributed by atoms with van der Waals surface area (Å²) in [6.07, 6.45) is 2.95. The summed E-state index contributed by atoms with van der Waals surface area (Å²) in [5.74, 6) is -0.723. The van der Waals surface area contributed by atoms with Crippen molar-refractivity contribution in [2.75, 3.05) is 43.9 Å². The number of thiazole rings is 1. The number of rotatable bonds is 18. The van der Waals surface area contributed by atoms with Gasteiger partial charge in [-0.25, -0.2) is 9.37 Å². The van der Waals surface area contributed by atoms with Gasteiger partial charge in [-0.1, -0.05) is 45.0 Å². The average molecular weight is 1060 g/mol. The number of aromatic nitrogens is 2. The van der Waals surface area contributed by atoms with E-state index >= 15 is 0 Å². The number of methoxy groups -OCH3 is 1. The summed E-state index contributed by atoms with van der Waals surface area (Å²) in [4.78, 5) is 81.2. The minimum Gasteiger partial charge on any atom is -0.496 e. The van der Waals surface area contributed by atoms with Crippen molar-refractivity contribution >= 4 is 63.2 Å². The normalized spacial score (nSPS) is 17.9. The van der Waals surface area contributed by atoms with Gasteiger partial charge in [-0.2, -0.15) is 0 Å². The maximum Gasteiger partial charge on any atom is 0.246 e. The van der Waals surface area contributed by atoms with E-state index in [1.165, 1.54) is 29.2 Å². The van der Waals surface area contributed by atoms with Crippen molar-refractivity contribution in [3.63, 3.8) is 0 Å². The molecule has 2 aliphatic heterocycles. The number of anilines is 2. The molecule has 1 aliphatic carbocycles. The molecule has 4 heterocycles. The molecule has 1 saturated carbocycles. The number of fused-ring (bicyclic) bond motifs is 1. The Labute approximate surface area is 444 Å². The zero-order valence-electron chi connectivity index (χ0n) is 43.2. The van der Waals surface area contributed by atoms with Gasteiger partial charge >= 0.3 is 0 Å². The number of carbonyl (C=O) groups is 5. The summed E-state index contributed by atoms with van der Waals surface area (Å²) in [7, 11) is 1.59. The first-order chi connectivity index (χ1) is 36.5. The SMILES string of the molecule is COc1cc2c(Oc3ccc(NC(=O)C4(C(=O)Nc5ccc(F)cc5)CC4)cc3)ccnc2cc1COC1CCN(CC(=O)N[C@H](C(=O)N2C[C@H](O)C[C@H]2C(=O)NCc2ccc(-c3scnc3C)cc2)C(C)(C)C)CC1. The molecule has 6 aromatic rings. The molecule has 2 saturated heterocycles. The number of piperidine rings is 1. The molecule has 4 aromatic carbocycles. The molecule has 76 heavy (non-hydrogen) atoms. The van der Waals surface area contributed by atoms with E-state index in [-0.39, 0.29) is 50.6 Å². The van der Waals surface area contributed by atoms with Gasteiger partial charge < -0.3 is 45.5 Å². The van der Waals surface area contributed by atoms with Crippen LogP contribution in [0.15, 0.2) is 103 Å². The van der Waals surface area contributed by atoms with E-state index in [1.807, 2.05) is 74.5 Å². The molecule has 0 radical (unpaired) electrons. The van der Waals surface area contributed by atoms with E-state index in [2.05, 4.69) is 31.2 Å². The van der Waals surface area contributed by atoms with Crippen molar-refractivity contribution in [3.05, 3.63) is 125 Å². The molecule has 3 aliphatic rings. The second kappa shape index (κ2) is 22.9. The van der Waals surface area contributed by atoms with Gasteiger partial charge in [0.2, 0.25) is 29.5 Å². The van der Waals surface area contributed by atoms with Crippen LogP contribution in [0.5, 0.6) is 17.2 Å². The first-order valence-corrected chi connectivity index (χ1v) is 26.4. The van der Waals surface area contributed by atoms with Crippen molar-refractivity contribution < 1.29 is 47.7 Å². The molecule has 19 heteroatoms. The van der Waals surface area contributed by atoms with Crippen molar-refractivity contribution in [1.82, 2.24) is 30.4 Å².